The lowest BCUT2D eigenvalue weighted by Crippen LogP contribution is -2.55. The highest BCUT2D eigenvalue weighted by Crippen LogP contribution is 2.40. The number of likely N-dealkylation sites (tertiary alicyclic amines) is 1. The van der Waals surface area contributed by atoms with Crippen LogP contribution in [0.4, 0.5) is 10.5 Å². The van der Waals surface area contributed by atoms with Gasteiger partial charge in [0, 0.05) is 19.0 Å². The molecule has 1 aliphatic carbocycles. The van der Waals surface area contributed by atoms with E-state index in [0.29, 0.717) is 30.9 Å². The van der Waals surface area contributed by atoms with Gasteiger partial charge < -0.3 is 20.1 Å². The normalized spacial score (nSPS) is 29.4. The lowest BCUT2D eigenvalue weighted by atomic mass is 9.71. The molecule has 0 unspecified atom stereocenters. The summed E-state index contributed by atoms with van der Waals surface area (Å²) in [7, 11) is 1.54. The number of carbonyl (C=O) groups excluding carboxylic acids is 3. The summed E-state index contributed by atoms with van der Waals surface area (Å²) in [6, 6.07) is 5.22. The summed E-state index contributed by atoms with van der Waals surface area (Å²) in [4.78, 5) is 40.7. The van der Waals surface area contributed by atoms with E-state index in [1.165, 1.54) is 0 Å². The SMILES string of the molecule is COc1ccc(N2C(=O)N[C@H](CC(=O)N3CC[C@@]4(O)CCCC[C@@H]4C3)C2=O)cc1. The van der Waals surface area contributed by atoms with Crippen LogP contribution in [0.2, 0.25) is 0 Å². The van der Waals surface area contributed by atoms with Gasteiger partial charge in [-0.25, -0.2) is 9.69 Å². The fourth-order valence-corrected chi connectivity index (χ4v) is 4.75. The molecule has 0 radical (unpaired) electrons. The van der Waals surface area contributed by atoms with Gasteiger partial charge in [0.05, 0.1) is 24.8 Å². The molecule has 0 spiro atoms. The molecule has 8 nitrogen and oxygen atoms in total. The van der Waals surface area contributed by atoms with Crippen LogP contribution in [0.1, 0.15) is 38.5 Å². The van der Waals surface area contributed by atoms with E-state index in [-0.39, 0.29) is 18.2 Å². The van der Waals surface area contributed by atoms with E-state index < -0.39 is 23.6 Å². The van der Waals surface area contributed by atoms with Crippen LogP contribution in [0.5, 0.6) is 5.75 Å². The Morgan fingerprint density at radius 3 is 2.72 bits per heavy atom. The van der Waals surface area contributed by atoms with Crippen LogP contribution in [0.3, 0.4) is 0 Å². The van der Waals surface area contributed by atoms with Crippen molar-refractivity contribution in [1.29, 1.82) is 0 Å². The number of nitrogens with one attached hydrogen (secondary N) is 1. The largest absolute Gasteiger partial charge is 0.497 e. The molecule has 3 fully saturated rings. The number of aliphatic hydroxyl groups is 1. The molecule has 3 aliphatic rings. The second-order valence-corrected chi connectivity index (χ2v) is 8.21. The van der Waals surface area contributed by atoms with E-state index in [4.69, 9.17) is 4.74 Å². The van der Waals surface area contributed by atoms with Gasteiger partial charge >= 0.3 is 6.03 Å². The zero-order valence-electron chi connectivity index (χ0n) is 16.6. The molecule has 0 bridgehead atoms. The average Bonchev–Trinajstić information content (AvgIpc) is 3.00. The minimum atomic E-state index is -0.871. The first-order valence-electron chi connectivity index (χ1n) is 10.2. The molecule has 2 N–H and O–H groups in total. The van der Waals surface area contributed by atoms with Gasteiger partial charge in [-0.05, 0) is 43.5 Å². The number of nitrogens with zero attached hydrogens (tertiary/aromatic N) is 2. The van der Waals surface area contributed by atoms with Crippen molar-refractivity contribution in [2.75, 3.05) is 25.1 Å². The van der Waals surface area contributed by atoms with Crippen molar-refractivity contribution < 1.29 is 24.2 Å². The maximum absolute atomic E-state index is 12.8. The molecule has 4 rings (SSSR count). The third kappa shape index (κ3) is 3.69. The summed E-state index contributed by atoms with van der Waals surface area (Å²) in [5.41, 5.74) is -0.217. The van der Waals surface area contributed by atoms with E-state index >= 15 is 0 Å². The fraction of sp³-hybridized carbons (Fsp3) is 0.571. The van der Waals surface area contributed by atoms with Gasteiger partial charge in [0.15, 0.2) is 0 Å². The van der Waals surface area contributed by atoms with Crippen molar-refractivity contribution in [3.8, 4) is 5.75 Å². The van der Waals surface area contributed by atoms with Crippen LogP contribution in [-0.2, 0) is 9.59 Å². The number of benzene rings is 1. The molecule has 29 heavy (non-hydrogen) atoms. The Morgan fingerprint density at radius 2 is 2.00 bits per heavy atom. The Morgan fingerprint density at radius 1 is 1.24 bits per heavy atom. The quantitative estimate of drug-likeness (QED) is 0.748. The number of imide groups is 1. The number of fused-ring (bicyclic) bond motifs is 1. The highest BCUT2D eigenvalue weighted by molar-refractivity contribution is 6.22. The van der Waals surface area contributed by atoms with Gasteiger partial charge in [0.25, 0.3) is 5.91 Å². The van der Waals surface area contributed by atoms with Gasteiger partial charge in [-0.2, -0.15) is 0 Å². The lowest BCUT2D eigenvalue weighted by Gasteiger charge is -2.47. The third-order valence-corrected chi connectivity index (χ3v) is 6.51. The summed E-state index contributed by atoms with van der Waals surface area (Å²) in [5, 5.41) is 13.4. The monoisotopic (exact) mass is 401 g/mol. The van der Waals surface area contributed by atoms with Gasteiger partial charge in [0.2, 0.25) is 5.91 Å². The molecular formula is C21H27N3O5. The first-order valence-corrected chi connectivity index (χ1v) is 10.2. The van der Waals surface area contributed by atoms with Gasteiger partial charge in [-0.15, -0.1) is 0 Å². The minimum Gasteiger partial charge on any atom is -0.497 e. The molecule has 4 amide bonds. The number of urea groups is 1. The molecule has 3 atom stereocenters. The topological polar surface area (TPSA) is 99.2 Å². The predicted molar refractivity (Wildman–Crippen MR) is 106 cm³/mol. The van der Waals surface area contributed by atoms with Crippen LogP contribution in [-0.4, -0.2) is 59.7 Å². The average molecular weight is 401 g/mol. The Hall–Kier alpha value is -2.61. The molecule has 8 heteroatoms. The van der Waals surface area contributed by atoms with E-state index in [2.05, 4.69) is 5.32 Å². The molecule has 156 valence electrons. The molecule has 2 saturated heterocycles. The van der Waals surface area contributed by atoms with Crippen molar-refractivity contribution in [1.82, 2.24) is 10.2 Å². The summed E-state index contributed by atoms with van der Waals surface area (Å²) in [5.74, 6) is 0.131. The Kier molecular flexibility index (Phi) is 5.21. The summed E-state index contributed by atoms with van der Waals surface area (Å²) >= 11 is 0. The molecule has 1 aromatic rings. The van der Waals surface area contributed by atoms with E-state index in [0.717, 1.165) is 30.6 Å². The third-order valence-electron chi connectivity index (χ3n) is 6.51. The number of hydrogen-bond donors (Lipinski definition) is 2. The van der Waals surface area contributed by atoms with E-state index in [9.17, 15) is 19.5 Å². The van der Waals surface area contributed by atoms with Crippen molar-refractivity contribution in [2.45, 2.75) is 50.2 Å². The number of carbonyl (C=O) groups is 3. The lowest BCUT2D eigenvalue weighted by molar-refractivity contribution is -0.144. The van der Waals surface area contributed by atoms with Crippen molar-refractivity contribution in [3.05, 3.63) is 24.3 Å². The standard InChI is InChI=1S/C21H27N3O5/c1-29-16-7-5-15(6-8-16)24-19(26)17(22-20(24)27)12-18(25)23-11-10-21(28)9-3-2-4-14(21)13-23/h5-8,14,17,28H,2-4,9-13H2,1H3,(H,22,27)/t14-,17-,21+/m1/s1. The smallest absolute Gasteiger partial charge is 0.329 e. The fourth-order valence-electron chi connectivity index (χ4n) is 4.75. The number of anilines is 1. The number of ether oxygens (including phenoxy) is 1. The van der Waals surface area contributed by atoms with Crippen LogP contribution in [0.25, 0.3) is 0 Å². The van der Waals surface area contributed by atoms with Gasteiger partial charge in [-0.3, -0.25) is 9.59 Å². The van der Waals surface area contributed by atoms with Crippen LogP contribution in [0, 0.1) is 5.92 Å². The predicted octanol–water partition coefficient (Wildman–Crippen LogP) is 1.66. The van der Waals surface area contributed by atoms with Crippen molar-refractivity contribution >= 4 is 23.5 Å². The minimum absolute atomic E-state index is 0.0671. The summed E-state index contributed by atoms with van der Waals surface area (Å²) < 4.78 is 5.10. The van der Waals surface area contributed by atoms with Crippen LogP contribution in [0.15, 0.2) is 24.3 Å². The van der Waals surface area contributed by atoms with Crippen LogP contribution < -0.4 is 15.0 Å². The van der Waals surface area contributed by atoms with Gasteiger partial charge in [0.1, 0.15) is 11.8 Å². The number of amides is 4. The molecule has 1 saturated carbocycles. The highest BCUT2D eigenvalue weighted by atomic mass is 16.5. The Labute approximate surface area is 169 Å². The molecule has 1 aromatic carbocycles. The second-order valence-electron chi connectivity index (χ2n) is 8.21. The zero-order chi connectivity index (χ0) is 20.6. The van der Waals surface area contributed by atoms with Crippen LogP contribution >= 0.6 is 0 Å². The van der Waals surface area contributed by atoms with Crippen molar-refractivity contribution in [3.63, 3.8) is 0 Å². The van der Waals surface area contributed by atoms with E-state index in [1.807, 2.05) is 0 Å². The number of rotatable bonds is 4. The summed E-state index contributed by atoms with van der Waals surface area (Å²) in [6.07, 6.45) is 4.33. The molecule has 2 aliphatic heterocycles. The van der Waals surface area contributed by atoms with Crippen molar-refractivity contribution in [2.24, 2.45) is 5.92 Å². The summed E-state index contributed by atoms with van der Waals surface area (Å²) in [6.45, 7) is 1.01. The molecule has 2 heterocycles. The molecule has 0 aromatic heterocycles. The maximum atomic E-state index is 12.8. The zero-order valence-corrected chi connectivity index (χ0v) is 16.6. The van der Waals surface area contributed by atoms with E-state index in [1.54, 1.807) is 36.3 Å². The Balaban J connectivity index is 1.40. The number of hydrogen-bond acceptors (Lipinski definition) is 5. The first-order chi connectivity index (χ1) is 13.9. The first kappa shape index (κ1) is 19.7. The second kappa shape index (κ2) is 7.67. The maximum Gasteiger partial charge on any atom is 0.329 e. The Bertz CT molecular complexity index is 811. The molecular weight excluding hydrogens is 374 g/mol. The highest BCUT2D eigenvalue weighted by Gasteiger charge is 2.45. The number of methoxy groups -OCH3 is 1. The van der Waals surface area contributed by atoms with Gasteiger partial charge in [-0.1, -0.05) is 12.8 Å². The number of piperidine rings is 1.